The van der Waals surface area contributed by atoms with Crippen LogP contribution in [0.25, 0.3) is 0 Å². The normalized spacial score (nSPS) is 42.8. The van der Waals surface area contributed by atoms with Gasteiger partial charge in [-0.05, 0) is 18.8 Å². The van der Waals surface area contributed by atoms with Crippen LogP contribution in [0.1, 0.15) is 39.0 Å². The lowest BCUT2D eigenvalue weighted by Crippen LogP contribution is -2.07. The molecule has 2 rings (SSSR count). The van der Waals surface area contributed by atoms with Crippen LogP contribution in [0.15, 0.2) is 0 Å². The van der Waals surface area contributed by atoms with Crippen molar-refractivity contribution in [1.29, 1.82) is 0 Å². The maximum absolute atomic E-state index is 12.7. The fraction of sp³-hybridized carbons (Fsp3) is 1.00. The molecule has 70 valence electrons. The molecule has 2 unspecified atom stereocenters. The summed E-state index contributed by atoms with van der Waals surface area (Å²) in [6, 6.07) is 0. The zero-order chi connectivity index (χ0) is 8.77. The zero-order valence-corrected chi connectivity index (χ0v) is 7.52. The van der Waals surface area contributed by atoms with Crippen molar-refractivity contribution in [2.75, 3.05) is 0 Å². The van der Waals surface area contributed by atoms with Crippen LogP contribution < -0.4 is 0 Å². The van der Waals surface area contributed by atoms with Gasteiger partial charge in [0.15, 0.2) is 0 Å². The number of hydrogen-bond acceptors (Lipinski definition) is 0. The molecule has 2 aliphatic rings. The molecule has 2 heteroatoms. The van der Waals surface area contributed by atoms with E-state index in [4.69, 9.17) is 0 Å². The Morgan fingerprint density at radius 2 is 1.83 bits per heavy atom. The quantitative estimate of drug-likeness (QED) is 0.614. The molecular weight excluding hydrogens is 158 g/mol. The Balaban J connectivity index is 1.75. The molecule has 0 nitrogen and oxygen atoms in total. The van der Waals surface area contributed by atoms with Crippen molar-refractivity contribution < 1.29 is 8.78 Å². The third-order valence-corrected chi connectivity index (χ3v) is 3.51. The summed E-state index contributed by atoms with van der Waals surface area (Å²) in [6.45, 7) is 2.16. The highest BCUT2D eigenvalue weighted by molar-refractivity contribution is 5.10. The predicted molar refractivity (Wildman–Crippen MR) is 44.2 cm³/mol. The molecule has 12 heavy (non-hydrogen) atoms. The summed E-state index contributed by atoms with van der Waals surface area (Å²) in [5.41, 5.74) is 0. The second kappa shape index (κ2) is 2.68. The fourth-order valence-electron chi connectivity index (χ4n) is 2.65. The molecule has 0 saturated heterocycles. The molecule has 0 aromatic heterocycles. The lowest BCUT2D eigenvalue weighted by atomic mass is 9.96. The Kier molecular flexibility index (Phi) is 1.89. The summed E-state index contributed by atoms with van der Waals surface area (Å²) in [6.07, 6.45) is 5.20. The SMILES string of the molecule is CCCCC1CC2C(C1)C2(F)F. The molecule has 0 aromatic carbocycles. The van der Waals surface area contributed by atoms with Gasteiger partial charge in [0.25, 0.3) is 5.92 Å². The molecule has 0 aromatic rings. The van der Waals surface area contributed by atoms with Gasteiger partial charge in [-0.2, -0.15) is 0 Å². The van der Waals surface area contributed by atoms with Gasteiger partial charge in [-0.1, -0.05) is 26.2 Å². The largest absolute Gasteiger partial charge is 0.254 e. The summed E-state index contributed by atoms with van der Waals surface area (Å²) in [5.74, 6) is -2.08. The van der Waals surface area contributed by atoms with Crippen LogP contribution in [-0.4, -0.2) is 5.92 Å². The Morgan fingerprint density at radius 3 is 2.33 bits per heavy atom. The molecular formula is C10H16F2. The molecule has 0 bridgehead atoms. The van der Waals surface area contributed by atoms with Crippen LogP contribution in [0.4, 0.5) is 8.78 Å². The van der Waals surface area contributed by atoms with Crippen molar-refractivity contribution in [3.8, 4) is 0 Å². The minimum atomic E-state index is -2.26. The van der Waals surface area contributed by atoms with Gasteiger partial charge in [0.2, 0.25) is 0 Å². The number of unbranched alkanes of at least 4 members (excludes halogenated alkanes) is 1. The second-order valence-electron chi connectivity index (χ2n) is 4.37. The first kappa shape index (κ1) is 8.46. The van der Waals surface area contributed by atoms with Crippen LogP contribution >= 0.6 is 0 Å². The van der Waals surface area contributed by atoms with Gasteiger partial charge in [-0.15, -0.1) is 0 Å². The topological polar surface area (TPSA) is 0 Å². The van der Waals surface area contributed by atoms with Gasteiger partial charge in [0.1, 0.15) is 0 Å². The van der Waals surface area contributed by atoms with Gasteiger partial charge in [-0.3, -0.25) is 0 Å². The Hall–Kier alpha value is -0.140. The van der Waals surface area contributed by atoms with Crippen molar-refractivity contribution in [2.45, 2.75) is 45.0 Å². The van der Waals surface area contributed by atoms with Crippen LogP contribution in [0.5, 0.6) is 0 Å². The third-order valence-electron chi connectivity index (χ3n) is 3.51. The maximum atomic E-state index is 12.7. The lowest BCUT2D eigenvalue weighted by Gasteiger charge is -2.12. The van der Waals surface area contributed by atoms with Gasteiger partial charge < -0.3 is 0 Å². The van der Waals surface area contributed by atoms with E-state index in [0.29, 0.717) is 5.92 Å². The molecule has 0 heterocycles. The van der Waals surface area contributed by atoms with E-state index in [0.717, 1.165) is 12.8 Å². The van der Waals surface area contributed by atoms with Crippen molar-refractivity contribution in [3.63, 3.8) is 0 Å². The number of fused-ring (bicyclic) bond motifs is 1. The van der Waals surface area contributed by atoms with Gasteiger partial charge in [-0.25, -0.2) is 8.78 Å². The van der Waals surface area contributed by atoms with Crippen LogP contribution in [0.2, 0.25) is 0 Å². The number of alkyl halides is 2. The predicted octanol–water partition coefficient (Wildman–Crippen LogP) is 3.47. The average molecular weight is 174 g/mol. The zero-order valence-electron chi connectivity index (χ0n) is 7.52. The van der Waals surface area contributed by atoms with E-state index in [-0.39, 0.29) is 11.8 Å². The Morgan fingerprint density at radius 1 is 1.25 bits per heavy atom. The molecule has 0 spiro atoms. The molecule has 2 saturated carbocycles. The van der Waals surface area contributed by atoms with E-state index in [1.54, 1.807) is 0 Å². The highest BCUT2D eigenvalue weighted by Crippen LogP contribution is 2.66. The van der Waals surface area contributed by atoms with Crippen LogP contribution in [0.3, 0.4) is 0 Å². The van der Waals surface area contributed by atoms with Gasteiger partial charge >= 0.3 is 0 Å². The van der Waals surface area contributed by atoms with E-state index in [1.807, 2.05) is 0 Å². The molecule has 0 amide bonds. The molecule has 2 aliphatic carbocycles. The number of halogens is 2. The fourth-order valence-corrected chi connectivity index (χ4v) is 2.65. The molecule has 2 atom stereocenters. The molecule has 2 fully saturated rings. The summed E-state index contributed by atoms with van der Waals surface area (Å²) >= 11 is 0. The van der Waals surface area contributed by atoms with E-state index in [9.17, 15) is 8.78 Å². The van der Waals surface area contributed by atoms with Crippen LogP contribution in [0, 0.1) is 17.8 Å². The van der Waals surface area contributed by atoms with Gasteiger partial charge in [0.05, 0.1) is 0 Å². The second-order valence-corrected chi connectivity index (χ2v) is 4.37. The Bertz CT molecular complexity index is 163. The first-order valence-electron chi connectivity index (χ1n) is 5.04. The van der Waals surface area contributed by atoms with E-state index in [1.165, 1.54) is 19.3 Å². The minimum absolute atomic E-state index is 0.223. The van der Waals surface area contributed by atoms with E-state index >= 15 is 0 Å². The highest BCUT2D eigenvalue weighted by Gasteiger charge is 2.71. The number of hydrogen-bond donors (Lipinski definition) is 0. The van der Waals surface area contributed by atoms with E-state index < -0.39 is 5.92 Å². The molecule has 0 N–H and O–H groups in total. The van der Waals surface area contributed by atoms with E-state index in [2.05, 4.69) is 6.92 Å². The third kappa shape index (κ3) is 1.16. The molecule has 0 radical (unpaired) electrons. The average Bonchev–Trinajstić information content (AvgIpc) is 2.51. The first-order chi connectivity index (χ1) is 5.66. The monoisotopic (exact) mass is 174 g/mol. The summed E-state index contributed by atoms with van der Waals surface area (Å²) in [4.78, 5) is 0. The maximum Gasteiger partial charge on any atom is 0.254 e. The molecule has 0 aliphatic heterocycles. The smallest absolute Gasteiger partial charge is 0.206 e. The summed E-state index contributed by atoms with van der Waals surface area (Å²) < 4.78 is 25.5. The number of rotatable bonds is 3. The van der Waals surface area contributed by atoms with Crippen molar-refractivity contribution in [1.82, 2.24) is 0 Å². The van der Waals surface area contributed by atoms with Crippen molar-refractivity contribution in [2.24, 2.45) is 17.8 Å². The first-order valence-corrected chi connectivity index (χ1v) is 5.04. The van der Waals surface area contributed by atoms with Gasteiger partial charge in [0, 0.05) is 11.8 Å². The highest BCUT2D eigenvalue weighted by atomic mass is 19.3. The van der Waals surface area contributed by atoms with Crippen LogP contribution in [-0.2, 0) is 0 Å². The summed E-state index contributed by atoms with van der Waals surface area (Å²) in [7, 11) is 0. The van der Waals surface area contributed by atoms with Crippen molar-refractivity contribution >= 4 is 0 Å². The Labute approximate surface area is 72.3 Å². The minimum Gasteiger partial charge on any atom is -0.206 e. The summed E-state index contributed by atoms with van der Waals surface area (Å²) in [5, 5.41) is 0. The standard InChI is InChI=1S/C10H16F2/c1-2-3-4-7-5-8-9(6-7)10(8,11)12/h7-9H,2-6H2,1H3. The van der Waals surface area contributed by atoms with Crippen molar-refractivity contribution in [3.05, 3.63) is 0 Å². The lowest BCUT2D eigenvalue weighted by molar-refractivity contribution is 0.0628.